The molecule has 2 rings (SSSR count). The number of rotatable bonds is 2. The predicted molar refractivity (Wildman–Crippen MR) is 59.2 cm³/mol. The van der Waals surface area contributed by atoms with Crippen molar-refractivity contribution in [1.29, 1.82) is 0 Å². The first-order valence-corrected chi connectivity index (χ1v) is 5.52. The van der Waals surface area contributed by atoms with Gasteiger partial charge in [0.25, 0.3) is 0 Å². The van der Waals surface area contributed by atoms with E-state index in [1.807, 2.05) is 19.9 Å². The monoisotopic (exact) mass is 204 g/mol. The minimum absolute atomic E-state index is 0.159. The molecule has 80 valence electrons. The summed E-state index contributed by atoms with van der Waals surface area (Å²) in [6.45, 7) is 4.27. The first-order chi connectivity index (χ1) is 7.24. The van der Waals surface area contributed by atoms with E-state index >= 15 is 0 Å². The van der Waals surface area contributed by atoms with Gasteiger partial charge < -0.3 is 4.74 Å². The second-order valence-electron chi connectivity index (χ2n) is 3.97. The normalized spacial score (nSPS) is 13.7. The van der Waals surface area contributed by atoms with Crippen molar-refractivity contribution in [2.45, 2.75) is 33.1 Å². The van der Waals surface area contributed by atoms with E-state index in [9.17, 15) is 4.79 Å². The summed E-state index contributed by atoms with van der Waals surface area (Å²) in [5.74, 6) is -0.159. The molecule has 0 radical (unpaired) electrons. The van der Waals surface area contributed by atoms with Gasteiger partial charge >= 0.3 is 5.97 Å². The van der Waals surface area contributed by atoms with Crippen LogP contribution in [0.15, 0.2) is 12.1 Å². The number of aryl methyl sites for hydroxylation is 2. The average molecular weight is 204 g/mol. The fourth-order valence-corrected chi connectivity index (χ4v) is 2.27. The van der Waals surface area contributed by atoms with Crippen LogP contribution in [0.1, 0.15) is 40.4 Å². The van der Waals surface area contributed by atoms with Gasteiger partial charge in [-0.15, -0.1) is 0 Å². The minimum Gasteiger partial charge on any atom is -0.462 e. The lowest BCUT2D eigenvalue weighted by atomic mass is 9.98. The standard InChI is InChI=1S/C13H16O2/c1-3-15-13(14)12-9(2)7-8-10-5-4-6-11(10)12/h7-8H,3-6H2,1-2H3. The average Bonchev–Trinajstić information content (AvgIpc) is 2.65. The van der Waals surface area contributed by atoms with Gasteiger partial charge in [-0.05, 0) is 49.8 Å². The van der Waals surface area contributed by atoms with Crippen LogP contribution in [-0.4, -0.2) is 12.6 Å². The molecule has 0 atom stereocenters. The SMILES string of the molecule is CCOC(=O)c1c(C)ccc2c1CCC2. The molecule has 1 aliphatic carbocycles. The summed E-state index contributed by atoms with van der Waals surface area (Å²) in [7, 11) is 0. The van der Waals surface area contributed by atoms with Crippen molar-refractivity contribution in [3.05, 3.63) is 34.4 Å². The molecule has 2 heteroatoms. The second-order valence-corrected chi connectivity index (χ2v) is 3.97. The molecule has 0 amide bonds. The summed E-state index contributed by atoms with van der Waals surface area (Å²) in [5, 5.41) is 0. The maximum atomic E-state index is 11.8. The van der Waals surface area contributed by atoms with E-state index < -0.39 is 0 Å². The number of benzene rings is 1. The molecule has 0 N–H and O–H groups in total. The highest BCUT2D eigenvalue weighted by Gasteiger charge is 2.21. The number of carbonyl (C=O) groups is 1. The molecular formula is C13H16O2. The lowest BCUT2D eigenvalue weighted by Gasteiger charge is -2.10. The van der Waals surface area contributed by atoms with Crippen LogP contribution in [0.5, 0.6) is 0 Å². The van der Waals surface area contributed by atoms with E-state index in [1.54, 1.807) is 0 Å². The molecule has 1 aromatic carbocycles. The molecule has 0 aromatic heterocycles. The zero-order valence-electron chi connectivity index (χ0n) is 9.30. The molecule has 0 fully saturated rings. The van der Waals surface area contributed by atoms with Crippen LogP contribution in [0, 0.1) is 6.92 Å². The smallest absolute Gasteiger partial charge is 0.338 e. The molecule has 0 saturated carbocycles. The van der Waals surface area contributed by atoms with Crippen LogP contribution in [0.2, 0.25) is 0 Å². The van der Waals surface area contributed by atoms with E-state index in [4.69, 9.17) is 4.74 Å². The summed E-state index contributed by atoms with van der Waals surface area (Å²) < 4.78 is 5.10. The second kappa shape index (κ2) is 4.05. The number of ether oxygens (including phenoxy) is 1. The fourth-order valence-electron chi connectivity index (χ4n) is 2.27. The largest absolute Gasteiger partial charge is 0.462 e. The first kappa shape index (κ1) is 10.2. The highest BCUT2D eigenvalue weighted by molar-refractivity contribution is 5.93. The molecule has 0 spiro atoms. The topological polar surface area (TPSA) is 26.3 Å². The number of hydrogen-bond donors (Lipinski definition) is 0. The van der Waals surface area contributed by atoms with Gasteiger partial charge in [-0.25, -0.2) is 4.79 Å². The zero-order valence-corrected chi connectivity index (χ0v) is 9.30. The molecule has 0 unspecified atom stereocenters. The third-order valence-corrected chi connectivity index (χ3v) is 2.97. The maximum Gasteiger partial charge on any atom is 0.338 e. The van der Waals surface area contributed by atoms with Crippen molar-refractivity contribution in [3.8, 4) is 0 Å². The molecule has 0 bridgehead atoms. The van der Waals surface area contributed by atoms with Crippen molar-refractivity contribution in [3.63, 3.8) is 0 Å². The molecule has 1 aliphatic rings. The minimum atomic E-state index is -0.159. The van der Waals surface area contributed by atoms with Gasteiger partial charge in [0.15, 0.2) is 0 Å². The highest BCUT2D eigenvalue weighted by atomic mass is 16.5. The van der Waals surface area contributed by atoms with E-state index in [2.05, 4.69) is 6.07 Å². The Bertz CT molecular complexity index is 394. The lowest BCUT2D eigenvalue weighted by molar-refractivity contribution is 0.0524. The third kappa shape index (κ3) is 1.76. The lowest BCUT2D eigenvalue weighted by Crippen LogP contribution is -2.10. The van der Waals surface area contributed by atoms with E-state index in [0.29, 0.717) is 6.61 Å². The Hall–Kier alpha value is -1.31. The molecule has 15 heavy (non-hydrogen) atoms. The molecule has 0 saturated heterocycles. The van der Waals surface area contributed by atoms with Gasteiger partial charge in [-0.3, -0.25) is 0 Å². The van der Waals surface area contributed by atoms with Crippen LogP contribution >= 0.6 is 0 Å². The molecule has 0 heterocycles. The third-order valence-electron chi connectivity index (χ3n) is 2.97. The Morgan fingerprint density at radius 2 is 2.20 bits per heavy atom. The number of hydrogen-bond acceptors (Lipinski definition) is 2. The van der Waals surface area contributed by atoms with Gasteiger partial charge in [0.05, 0.1) is 12.2 Å². The Labute approximate surface area is 90.3 Å². The van der Waals surface area contributed by atoms with Crippen molar-refractivity contribution >= 4 is 5.97 Å². The van der Waals surface area contributed by atoms with Gasteiger partial charge in [-0.2, -0.15) is 0 Å². The van der Waals surface area contributed by atoms with Crippen LogP contribution in [0.4, 0.5) is 0 Å². The molecule has 1 aromatic rings. The molecular weight excluding hydrogens is 188 g/mol. The van der Waals surface area contributed by atoms with Crippen molar-refractivity contribution in [1.82, 2.24) is 0 Å². The van der Waals surface area contributed by atoms with E-state index in [-0.39, 0.29) is 5.97 Å². The summed E-state index contributed by atoms with van der Waals surface area (Å²) in [6.07, 6.45) is 3.28. The van der Waals surface area contributed by atoms with Gasteiger partial charge in [-0.1, -0.05) is 12.1 Å². The summed E-state index contributed by atoms with van der Waals surface area (Å²) in [6, 6.07) is 4.16. The first-order valence-electron chi connectivity index (χ1n) is 5.52. The van der Waals surface area contributed by atoms with Crippen LogP contribution < -0.4 is 0 Å². The summed E-state index contributed by atoms with van der Waals surface area (Å²) in [5.41, 5.74) is 4.39. The quantitative estimate of drug-likeness (QED) is 0.692. The van der Waals surface area contributed by atoms with Gasteiger partial charge in [0.2, 0.25) is 0 Å². The Kier molecular flexibility index (Phi) is 2.76. The molecule has 0 aliphatic heterocycles. The fraction of sp³-hybridized carbons (Fsp3) is 0.462. The van der Waals surface area contributed by atoms with Crippen molar-refractivity contribution < 1.29 is 9.53 Å². The van der Waals surface area contributed by atoms with Crippen LogP contribution in [0.3, 0.4) is 0 Å². The van der Waals surface area contributed by atoms with Gasteiger partial charge in [0, 0.05) is 0 Å². The summed E-state index contributed by atoms with van der Waals surface area (Å²) in [4.78, 5) is 11.8. The number of carbonyl (C=O) groups excluding carboxylic acids is 1. The van der Waals surface area contributed by atoms with E-state index in [1.165, 1.54) is 11.1 Å². The Morgan fingerprint density at radius 1 is 1.40 bits per heavy atom. The number of fused-ring (bicyclic) bond motifs is 1. The Morgan fingerprint density at radius 3 is 2.93 bits per heavy atom. The summed E-state index contributed by atoms with van der Waals surface area (Å²) >= 11 is 0. The highest BCUT2D eigenvalue weighted by Crippen LogP contribution is 2.28. The van der Waals surface area contributed by atoms with Crippen molar-refractivity contribution in [2.24, 2.45) is 0 Å². The maximum absolute atomic E-state index is 11.8. The van der Waals surface area contributed by atoms with Crippen molar-refractivity contribution in [2.75, 3.05) is 6.61 Å². The van der Waals surface area contributed by atoms with Gasteiger partial charge in [0.1, 0.15) is 0 Å². The number of esters is 1. The van der Waals surface area contributed by atoms with Crippen LogP contribution in [-0.2, 0) is 17.6 Å². The molecule has 2 nitrogen and oxygen atoms in total. The zero-order chi connectivity index (χ0) is 10.8. The van der Waals surface area contributed by atoms with E-state index in [0.717, 1.165) is 30.4 Å². The Balaban J connectivity index is 2.45. The predicted octanol–water partition coefficient (Wildman–Crippen LogP) is 2.66. The van der Waals surface area contributed by atoms with Crippen LogP contribution in [0.25, 0.3) is 0 Å².